The van der Waals surface area contributed by atoms with Gasteiger partial charge in [-0.25, -0.2) is 9.37 Å². The Morgan fingerprint density at radius 1 is 1.30 bits per heavy atom. The van der Waals surface area contributed by atoms with Gasteiger partial charge < -0.3 is 4.74 Å². The van der Waals surface area contributed by atoms with E-state index in [1.807, 2.05) is 0 Å². The second-order valence-electron chi connectivity index (χ2n) is 5.54. The molecular formula is C18H14FN3O4S. The molecule has 0 aliphatic carbocycles. The van der Waals surface area contributed by atoms with Crippen molar-refractivity contribution in [2.75, 3.05) is 11.9 Å². The maximum Gasteiger partial charge on any atom is 0.276 e. The minimum atomic E-state index is -0.505. The van der Waals surface area contributed by atoms with Gasteiger partial charge in [-0.05, 0) is 37.3 Å². The number of hydrogen-bond donors (Lipinski definition) is 1. The van der Waals surface area contributed by atoms with E-state index in [9.17, 15) is 19.3 Å². The van der Waals surface area contributed by atoms with E-state index in [2.05, 4.69) is 10.3 Å². The normalized spacial score (nSPS) is 10.4. The number of rotatable bonds is 6. The molecule has 9 heteroatoms. The summed E-state index contributed by atoms with van der Waals surface area (Å²) in [7, 11) is 0. The third-order valence-electron chi connectivity index (χ3n) is 3.70. The predicted molar refractivity (Wildman–Crippen MR) is 99.5 cm³/mol. The first-order chi connectivity index (χ1) is 12.9. The summed E-state index contributed by atoms with van der Waals surface area (Å²) in [4.78, 5) is 26.8. The molecule has 138 valence electrons. The Morgan fingerprint density at radius 2 is 2.04 bits per heavy atom. The number of nitrogens with one attached hydrogen (secondary N) is 1. The summed E-state index contributed by atoms with van der Waals surface area (Å²) in [6.07, 6.45) is 0. The molecule has 0 aliphatic rings. The van der Waals surface area contributed by atoms with Gasteiger partial charge >= 0.3 is 0 Å². The third kappa shape index (κ3) is 4.45. The predicted octanol–water partition coefficient (Wildman–Crippen LogP) is 4.18. The van der Waals surface area contributed by atoms with E-state index in [0.29, 0.717) is 16.4 Å². The highest BCUT2D eigenvalue weighted by molar-refractivity contribution is 7.14. The van der Waals surface area contributed by atoms with Crippen molar-refractivity contribution >= 4 is 28.1 Å². The Balaban J connectivity index is 1.61. The average molecular weight is 387 g/mol. The van der Waals surface area contributed by atoms with Gasteiger partial charge in [-0.1, -0.05) is 6.07 Å². The summed E-state index contributed by atoms with van der Waals surface area (Å²) >= 11 is 1.23. The lowest BCUT2D eigenvalue weighted by Crippen LogP contribution is -2.20. The number of ether oxygens (including phenoxy) is 1. The van der Waals surface area contributed by atoms with Crippen molar-refractivity contribution in [2.45, 2.75) is 6.92 Å². The molecule has 3 aromatic rings. The quantitative estimate of drug-likeness (QED) is 0.506. The molecule has 27 heavy (non-hydrogen) atoms. The zero-order chi connectivity index (χ0) is 19.4. The molecule has 0 unspecified atom stereocenters. The van der Waals surface area contributed by atoms with E-state index in [-0.39, 0.29) is 23.9 Å². The van der Waals surface area contributed by atoms with Crippen LogP contribution in [0.25, 0.3) is 11.3 Å². The van der Waals surface area contributed by atoms with Crippen molar-refractivity contribution in [1.82, 2.24) is 4.98 Å². The summed E-state index contributed by atoms with van der Waals surface area (Å²) in [5.74, 6) is -0.512. The fraction of sp³-hybridized carbons (Fsp3) is 0.111. The number of carbonyl (C=O) groups excluding carboxylic acids is 1. The lowest BCUT2D eigenvalue weighted by molar-refractivity contribution is -0.385. The van der Waals surface area contributed by atoms with Crippen LogP contribution in [-0.2, 0) is 4.79 Å². The van der Waals surface area contributed by atoms with Gasteiger partial charge in [0.1, 0.15) is 11.6 Å². The van der Waals surface area contributed by atoms with Gasteiger partial charge in [-0.2, -0.15) is 0 Å². The number of aromatic nitrogens is 1. The molecule has 3 rings (SSSR count). The van der Waals surface area contributed by atoms with Crippen LogP contribution in [0.3, 0.4) is 0 Å². The van der Waals surface area contributed by atoms with Gasteiger partial charge in [0.15, 0.2) is 11.7 Å². The molecule has 1 amide bonds. The minimum absolute atomic E-state index is 0.0724. The molecule has 0 saturated carbocycles. The van der Waals surface area contributed by atoms with Gasteiger partial charge in [-0.15, -0.1) is 11.3 Å². The molecule has 1 aromatic heterocycles. The van der Waals surface area contributed by atoms with Crippen molar-refractivity contribution < 1.29 is 18.8 Å². The number of halogens is 1. The monoisotopic (exact) mass is 387 g/mol. The molecule has 0 radical (unpaired) electrons. The first-order valence-electron chi connectivity index (χ1n) is 7.82. The minimum Gasteiger partial charge on any atom is -0.483 e. The van der Waals surface area contributed by atoms with E-state index < -0.39 is 10.8 Å². The molecule has 7 nitrogen and oxygen atoms in total. The largest absolute Gasteiger partial charge is 0.483 e. The van der Waals surface area contributed by atoms with Gasteiger partial charge in [-0.3, -0.25) is 20.2 Å². The van der Waals surface area contributed by atoms with Gasteiger partial charge in [0.05, 0.1) is 16.2 Å². The van der Waals surface area contributed by atoms with E-state index >= 15 is 0 Å². The SMILES string of the molecule is Cc1c(OCC(=O)Nc2nc(-c3ccc(F)cc3)cs2)cccc1[N+](=O)[O-]. The first-order valence-corrected chi connectivity index (χ1v) is 8.70. The van der Waals surface area contributed by atoms with Crippen molar-refractivity contribution in [3.63, 3.8) is 0 Å². The molecule has 1 N–H and O–H groups in total. The number of nitrogens with zero attached hydrogens (tertiary/aromatic N) is 2. The Bertz CT molecular complexity index is 989. The number of thiazole rings is 1. The highest BCUT2D eigenvalue weighted by Gasteiger charge is 2.15. The average Bonchev–Trinajstić information content (AvgIpc) is 3.09. The van der Waals surface area contributed by atoms with Gasteiger partial charge in [0.2, 0.25) is 0 Å². The molecule has 1 heterocycles. The topological polar surface area (TPSA) is 94.4 Å². The van der Waals surface area contributed by atoms with Crippen LogP contribution < -0.4 is 10.1 Å². The van der Waals surface area contributed by atoms with Gasteiger partial charge in [0, 0.05) is 17.0 Å². The Labute approximate surface area is 157 Å². The number of amides is 1. The van der Waals surface area contributed by atoms with E-state index in [4.69, 9.17) is 4.74 Å². The van der Waals surface area contributed by atoms with Gasteiger partial charge in [0.25, 0.3) is 11.6 Å². The standard InChI is InChI=1S/C18H14FN3O4S/c1-11-15(22(24)25)3-2-4-16(11)26-9-17(23)21-18-20-14(10-27-18)12-5-7-13(19)8-6-12/h2-8,10H,9H2,1H3,(H,20,21,23). The van der Waals surface area contributed by atoms with Crippen LogP contribution in [0.4, 0.5) is 15.2 Å². The Morgan fingerprint density at radius 3 is 2.74 bits per heavy atom. The fourth-order valence-electron chi connectivity index (χ4n) is 2.34. The van der Waals surface area contributed by atoms with E-state index in [0.717, 1.165) is 5.56 Å². The molecule has 0 fully saturated rings. The highest BCUT2D eigenvalue weighted by atomic mass is 32.1. The van der Waals surface area contributed by atoms with Crippen LogP contribution >= 0.6 is 11.3 Å². The fourth-order valence-corrected chi connectivity index (χ4v) is 3.08. The van der Waals surface area contributed by atoms with Crippen LogP contribution in [0.15, 0.2) is 47.8 Å². The second-order valence-corrected chi connectivity index (χ2v) is 6.40. The lowest BCUT2D eigenvalue weighted by Gasteiger charge is -2.08. The number of carbonyl (C=O) groups is 1. The molecule has 0 aliphatic heterocycles. The number of hydrogen-bond acceptors (Lipinski definition) is 6. The second kappa shape index (κ2) is 7.92. The number of benzene rings is 2. The first kappa shape index (κ1) is 18.5. The van der Waals surface area contributed by atoms with Crippen molar-refractivity contribution in [3.8, 4) is 17.0 Å². The number of nitro groups is 1. The van der Waals surface area contributed by atoms with Crippen molar-refractivity contribution in [3.05, 3.63) is 69.3 Å². The number of anilines is 1. The van der Waals surface area contributed by atoms with Crippen LogP contribution in [0.5, 0.6) is 5.75 Å². The molecule has 0 spiro atoms. The Kier molecular flexibility index (Phi) is 5.41. The van der Waals surface area contributed by atoms with Crippen LogP contribution in [0.1, 0.15) is 5.56 Å². The zero-order valence-corrected chi connectivity index (χ0v) is 15.0. The number of nitro benzene ring substituents is 1. The lowest BCUT2D eigenvalue weighted by atomic mass is 10.2. The van der Waals surface area contributed by atoms with Crippen LogP contribution in [-0.4, -0.2) is 22.4 Å². The molecular weight excluding hydrogens is 373 g/mol. The summed E-state index contributed by atoms with van der Waals surface area (Å²) in [6.45, 7) is 1.24. The third-order valence-corrected chi connectivity index (χ3v) is 4.46. The molecule has 0 atom stereocenters. The summed E-state index contributed by atoms with van der Waals surface area (Å²) < 4.78 is 18.4. The van der Waals surface area contributed by atoms with Crippen molar-refractivity contribution in [2.24, 2.45) is 0 Å². The molecule has 0 bridgehead atoms. The highest BCUT2D eigenvalue weighted by Crippen LogP contribution is 2.27. The molecule has 2 aromatic carbocycles. The summed E-state index contributed by atoms with van der Waals surface area (Å²) in [5.41, 5.74) is 1.63. The maximum absolute atomic E-state index is 13.0. The zero-order valence-electron chi connectivity index (χ0n) is 14.1. The van der Waals surface area contributed by atoms with Crippen LogP contribution in [0, 0.1) is 22.9 Å². The smallest absolute Gasteiger partial charge is 0.276 e. The van der Waals surface area contributed by atoms with Crippen LogP contribution in [0.2, 0.25) is 0 Å². The van der Waals surface area contributed by atoms with E-state index in [1.165, 1.54) is 35.6 Å². The molecule has 0 saturated heterocycles. The maximum atomic E-state index is 13.0. The van der Waals surface area contributed by atoms with E-state index in [1.54, 1.807) is 30.5 Å². The summed E-state index contributed by atoms with van der Waals surface area (Å²) in [6, 6.07) is 10.3. The van der Waals surface area contributed by atoms with Crippen molar-refractivity contribution in [1.29, 1.82) is 0 Å². The Hall–Kier alpha value is -3.33. The summed E-state index contributed by atoms with van der Waals surface area (Å²) in [5, 5.41) is 15.7.